The number of hydrogen-bond acceptors (Lipinski definition) is 7. The largest absolute Gasteiger partial charge is 0.497 e. The highest BCUT2D eigenvalue weighted by Crippen LogP contribution is 2.29. The summed E-state index contributed by atoms with van der Waals surface area (Å²) in [5.74, 6) is 1.75. The molecule has 8 heteroatoms. The Morgan fingerprint density at radius 3 is 2.60 bits per heavy atom. The van der Waals surface area contributed by atoms with E-state index in [4.69, 9.17) is 9.47 Å². The molecule has 1 N–H and O–H groups in total. The fourth-order valence-electron chi connectivity index (χ4n) is 4.12. The molecule has 4 rings (SSSR count). The summed E-state index contributed by atoms with van der Waals surface area (Å²) >= 11 is 1.64. The van der Waals surface area contributed by atoms with E-state index in [-0.39, 0.29) is 5.91 Å². The standard InChI is InChI=1S/C22H30N4O3S/c1-28-17-7-8-19(29-2)16(13-17)14-25-9-11-26(12-10-25)15-21(27)24-22-23-18-5-3-4-6-20(18)30-22/h7-8,13H,3-6,9-12,14-15H2,1-2H3,(H,23,24,27). The zero-order chi connectivity index (χ0) is 20.9. The molecule has 1 saturated heterocycles. The molecule has 7 nitrogen and oxygen atoms in total. The minimum absolute atomic E-state index is 0.0315. The third-order valence-electron chi connectivity index (χ3n) is 5.81. The lowest BCUT2D eigenvalue weighted by molar-refractivity contribution is -0.117. The van der Waals surface area contributed by atoms with Gasteiger partial charge in [0.15, 0.2) is 5.13 Å². The Labute approximate surface area is 182 Å². The van der Waals surface area contributed by atoms with Gasteiger partial charge in [0, 0.05) is 43.2 Å². The van der Waals surface area contributed by atoms with Crippen LogP contribution in [0.5, 0.6) is 11.5 Å². The van der Waals surface area contributed by atoms with Crippen LogP contribution in [0.3, 0.4) is 0 Å². The van der Waals surface area contributed by atoms with E-state index in [1.807, 2.05) is 18.2 Å². The first-order chi connectivity index (χ1) is 14.6. The molecule has 1 aliphatic heterocycles. The van der Waals surface area contributed by atoms with Gasteiger partial charge in [-0.15, -0.1) is 11.3 Å². The summed E-state index contributed by atoms with van der Waals surface area (Å²) in [6.45, 7) is 4.80. The first-order valence-electron chi connectivity index (χ1n) is 10.6. The quantitative estimate of drug-likeness (QED) is 0.729. The van der Waals surface area contributed by atoms with Crippen molar-refractivity contribution in [2.75, 3.05) is 52.3 Å². The Morgan fingerprint density at radius 1 is 1.10 bits per heavy atom. The summed E-state index contributed by atoms with van der Waals surface area (Å²) in [4.78, 5) is 23.0. The van der Waals surface area contributed by atoms with Gasteiger partial charge in [-0.25, -0.2) is 4.98 Å². The summed E-state index contributed by atoms with van der Waals surface area (Å²) in [6.07, 6.45) is 4.58. The number of fused-ring (bicyclic) bond motifs is 1. The van der Waals surface area contributed by atoms with Crippen molar-refractivity contribution >= 4 is 22.4 Å². The molecule has 0 saturated carbocycles. The van der Waals surface area contributed by atoms with Crippen LogP contribution in [-0.2, 0) is 24.2 Å². The highest BCUT2D eigenvalue weighted by molar-refractivity contribution is 7.15. The maximum absolute atomic E-state index is 12.5. The van der Waals surface area contributed by atoms with Gasteiger partial charge in [0.25, 0.3) is 0 Å². The first kappa shape index (κ1) is 21.1. The van der Waals surface area contributed by atoms with E-state index in [9.17, 15) is 4.79 Å². The van der Waals surface area contributed by atoms with E-state index in [1.54, 1.807) is 25.6 Å². The van der Waals surface area contributed by atoms with E-state index in [1.165, 1.54) is 23.4 Å². The van der Waals surface area contributed by atoms with Crippen LogP contribution in [0.25, 0.3) is 0 Å². The van der Waals surface area contributed by atoms with Gasteiger partial charge in [0.1, 0.15) is 11.5 Å². The number of methoxy groups -OCH3 is 2. The molecule has 0 radical (unpaired) electrons. The molecular weight excluding hydrogens is 400 g/mol. The summed E-state index contributed by atoms with van der Waals surface area (Å²) in [5.41, 5.74) is 2.30. The monoisotopic (exact) mass is 430 g/mol. The lowest BCUT2D eigenvalue weighted by Crippen LogP contribution is -2.48. The number of ether oxygens (including phenoxy) is 2. The second kappa shape index (κ2) is 9.76. The van der Waals surface area contributed by atoms with Crippen LogP contribution >= 0.6 is 11.3 Å². The topological polar surface area (TPSA) is 66.9 Å². The molecule has 0 spiro atoms. The minimum Gasteiger partial charge on any atom is -0.497 e. The zero-order valence-electron chi connectivity index (χ0n) is 17.8. The van der Waals surface area contributed by atoms with Crippen molar-refractivity contribution < 1.29 is 14.3 Å². The minimum atomic E-state index is 0.0315. The number of amides is 1. The zero-order valence-corrected chi connectivity index (χ0v) is 18.6. The van der Waals surface area contributed by atoms with Gasteiger partial charge in [-0.05, 0) is 43.9 Å². The van der Waals surface area contributed by atoms with Crippen LogP contribution in [0.4, 0.5) is 5.13 Å². The van der Waals surface area contributed by atoms with Crippen LogP contribution in [0, 0.1) is 0 Å². The molecule has 1 aliphatic carbocycles. The summed E-state index contributed by atoms with van der Waals surface area (Å²) < 4.78 is 10.8. The second-order valence-corrected chi connectivity index (χ2v) is 8.96. The Morgan fingerprint density at radius 2 is 1.87 bits per heavy atom. The van der Waals surface area contributed by atoms with Gasteiger partial charge in [-0.3, -0.25) is 14.6 Å². The van der Waals surface area contributed by atoms with Gasteiger partial charge in [0.05, 0.1) is 26.5 Å². The molecule has 2 aliphatic rings. The third-order valence-corrected chi connectivity index (χ3v) is 6.88. The number of aromatic nitrogens is 1. The fraction of sp³-hybridized carbons (Fsp3) is 0.545. The lowest BCUT2D eigenvalue weighted by Gasteiger charge is -2.34. The van der Waals surface area contributed by atoms with Crippen LogP contribution in [-0.4, -0.2) is 67.6 Å². The second-order valence-electron chi connectivity index (χ2n) is 7.87. The first-order valence-corrected chi connectivity index (χ1v) is 11.4. The molecule has 0 bridgehead atoms. The van der Waals surface area contributed by atoms with Gasteiger partial charge >= 0.3 is 0 Å². The normalized spacial score (nSPS) is 17.4. The van der Waals surface area contributed by atoms with Crippen molar-refractivity contribution in [3.05, 3.63) is 34.3 Å². The molecule has 1 fully saturated rings. The molecule has 2 heterocycles. The van der Waals surface area contributed by atoms with E-state index in [0.29, 0.717) is 6.54 Å². The molecule has 30 heavy (non-hydrogen) atoms. The van der Waals surface area contributed by atoms with Crippen molar-refractivity contribution in [2.45, 2.75) is 32.2 Å². The average molecular weight is 431 g/mol. The fourth-order valence-corrected chi connectivity index (χ4v) is 5.19. The van der Waals surface area contributed by atoms with E-state index in [0.717, 1.165) is 67.8 Å². The van der Waals surface area contributed by atoms with E-state index in [2.05, 4.69) is 20.1 Å². The van der Waals surface area contributed by atoms with E-state index >= 15 is 0 Å². The number of carbonyl (C=O) groups is 1. The number of thiazole rings is 1. The van der Waals surface area contributed by atoms with Crippen molar-refractivity contribution in [3.8, 4) is 11.5 Å². The van der Waals surface area contributed by atoms with Gasteiger partial charge < -0.3 is 14.8 Å². The Bertz CT molecular complexity index is 854. The number of benzene rings is 1. The number of nitrogens with one attached hydrogen (secondary N) is 1. The van der Waals surface area contributed by atoms with Crippen molar-refractivity contribution in [3.63, 3.8) is 0 Å². The van der Waals surface area contributed by atoms with Crippen molar-refractivity contribution in [1.82, 2.24) is 14.8 Å². The number of nitrogens with zero attached hydrogens (tertiary/aromatic N) is 3. The molecule has 0 atom stereocenters. The number of carbonyl (C=O) groups excluding carboxylic acids is 1. The predicted octanol–water partition coefficient (Wildman–Crippen LogP) is 2.80. The van der Waals surface area contributed by atoms with Crippen molar-refractivity contribution in [1.29, 1.82) is 0 Å². The number of aryl methyl sites for hydroxylation is 2. The van der Waals surface area contributed by atoms with Gasteiger partial charge in [0.2, 0.25) is 5.91 Å². The van der Waals surface area contributed by atoms with Crippen molar-refractivity contribution in [2.24, 2.45) is 0 Å². The Balaban J connectivity index is 1.25. The lowest BCUT2D eigenvalue weighted by atomic mass is 10.0. The maximum atomic E-state index is 12.5. The molecule has 1 amide bonds. The molecular formula is C22H30N4O3S. The number of anilines is 1. The highest BCUT2D eigenvalue weighted by Gasteiger charge is 2.21. The molecule has 1 aromatic heterocycles. The highest BCUT2D eigenvalue weighted by atomic mass is 32.1. The van der Waals surface area contributed by atoms with Crippen LogP contribution < -0.4 is 14.8 Å². The Kier molecular flexibility index (Phi) is 6.86. The molecule has 2 aromatic rings. The number of rotatable bonds is 7. The maximum Gasteiger partial charge on any atom is 0.240 e. The third kappa shape index (κ3) is 5.11. The number of piperazine rings is 1. The van der Waals surface area contributed by atoms with E-state index < -0.39 is 0 Å². The number of hydrogen-bond donors (Lipinski definition) is 1. The predicted molar refractivity (Wildman–Crippen MR) is 119 cm³/mol. The summed E-state index contributed by atoms with van der Waals surface area (Å²) in [5, 5.41) is 3.77. The molecule has 162 valence electrons. The Hall–Kier alpha value is -2.16. The van der Waals surface area contributed by atoms with Gasteiger partial charge in [-0.1, -0.05) is 0 Å². The average Bonchev–Trinajstić information content (AvgIpc) is 3.17. The van der Waals surface area contributed by atoms with Crippen LogP contribution in [0.1, 0.15) is 29.0 Å². The smallest absolute Gasteiger partial charge is 0.240 e. The van der Waals surface area contributed by atoms with Crippen LogP contribution in [0.2, 0.25) is 0 Å². The summed E-state index contributed by atoms with van der Waals surface area (Å²) in [6, 6.07) is 5.90. The molecule has 1 aromatic carbocycles. The summed E-state index contributed by atoms with van der Waals surface area (Å²) in [7, 11) is 3.37. The van der Waals surface area contributed by atoms with Gasteiger partial charge in [-0.2, -0.15) is 0 Å². The van der Waals surface area contributed by atoms with Crippen LogP contribution in [0.15, 0.2) is 18.2 Å². The SMILES string of the molecule is COc1ccc(OC)c(CN2CCN(CC(=O)Nc3nc4c(s3)CCCC4)CC2)c1. The molecule has 0 unspecified atom stereocenters.